The Morgan fingerprint density at radius 2 is 1.83 bits per heavy atom. The standard InChI is InChI=1S/C18H18BrNO3/c1-10-4-5-11(6-14(10)19)12-8-18(21)20-15-9-17(23-3)16(22-2)7-13(12)15/h4-7,9,12H,8H2,1-3H3,(H,20,21)/t12-/m0/s1. The largest absolute Gasteiger partial charge is 0.493 e. The van der Waals surface area contributed by atoms with Crippen LogP contribution in [0.2, 0.25) is 0 Å². The molecule has 2 aromatic carbocycles. The lowest BCUT2D eigenvalue weighted by molar-refractivity contribution is -0.116. The minimum Gasteiger partial charge on any atom is -0.493 e. The number of hydrogen-bond donors (Lipinski definition) is 1. The van der Waals surface area contributed by atoms with Crippen molar-refractivity contribution in [2.24, 2.45) is 0 Å². The molecule has 4 nitrogen and oxygen atoms in total. The third kappa shape index (κ3) is 2.93. The van der Waals surface area contributed by atoms with Gasteiger partial charge in [0.15, 0.2) is 11.5 Å². The third-order valence-electron chi connectivity index (χ3n) is 4.19. The minimum atomic E-state index is -0.00421. The van der Waals surface area contributed by atoms with Crippen molar-refractivity contribution in [2.45, 2.75) is 19.3 Å². The molecule has 0 saturated carbocycles. The second kappa shape index (κ2) is 6.24. The first-order valence-electron chi connectivity index (χ1n) is 7.35. The molecule has 1 N–H and O–H groups in total. The molecule has 1 heterocycles. The van der Waals surface area contributed by atoms with Gasteiger partial charge in [0.2, 0.25) is 5.91 Å². The van der Waals surface area contributed by atoms with Crippen LogP contribution in [0.5, 0.6) is 11.5 Å². The van der Waals surface area contributed by atoms with E-state index >= 15 is 0 Å². The highest BCUT2D eigenvalue weighted by molar-refractivity contribution is 9.10. The van der Waals surface area contributed by atoms with Crippen molar-refractivity contribution in [3.63, 3.8) is 0 Å². The summed E-state index contributed by atoms with van der Waals surface area (Å²) in [4.78, 5) is 12.1. The van der Waals surface area contributed by atoms with Crippen molar-refractivity contribution in [3.8, 4) is 11.5 Å². The number of rotatable bonds is 3. The van der Waals surface area contributed by atoms with Gasteiger partial charge in [0.25, 0.3) is 0 Å². The number of nitrogens with one attached hydrogen (secondary N) is 1. The monoisotopic (exact) mass is 375 g/mol. The van der Waals surface area contributed by atoms with E-state index in [1.165, 1.54) is 5.56 Å². The van der Waals surface area contributed by atoms with Crippen LogP contribution in [0.25, 0.3) is 0 Å². The van der Waals surface area contributed by atoms with Crippen molar-refractivity contribution < 1.29 is 14.3 Å². The molecular weight excluding hydrogens is 358 g/mol. The number of benzene rings is 2. The molecule has 1 aliphatic heterocycles. The number of amides is 1. The van der Waals surface area contributed by atoms with Crippen LogP contribution in [0.4, 0.5) is 5.69 Å². The zero-order chi connectivity index (χ0) is 16.6. The third-order valence-corrected chi connectivity index (χ3v) is 5.05. The lowest BCUT2D eigenvalue weighted by atomic mass is 9.84. The van der Waals surface area contributed by atoms with Gasteiger partial charge in [-0.25, -0.2) is 0 Å². The molecular formula is C18H18BrNO3. The van der Waals surface area contributed by atoms with Crippen LogP contribution in [-0.2, 0) is 4.79 Å². The Kier molecular flexibility index (Phi) is 4.31. The van der Waals surface area contributed by atoms with E-state index in [1.54, 1.807) is 14.2 Å². The van der Waals surface area contributed by atoms with E-state index in [1.807, 2.05) is 19.1 Å². The van der Waals surface area contributed by atoms with Crippen molar-refractivity contribution in [1.82, 2.24) is 0 Å². The summed E-state index contributed by atoms with van der Waals surface area (Å²) in [7, 11) is 3.20. The molecule has 1 atom stereocenters. The normalized spacial score (nSPS) is 16.5. The fourth-order valence-corrected chi connectivity index (χ4v) is 3.31. The van der Waals surface area contributed by atoms with Gasteiger partial charge in [-0.05, 0) is 35.7 Å². The maximum Gasteiger partial charge on any atom is 0.225 e. The number of carbonyl (C=O) groups is 1. The molecule has 0 fully saturated rings. The van der Waals surface area contributed by atoms with E-state index in [4.69, 9.17) is 9.47 Å². The lowest BCUT2D eigenvalue weighted by Crippen LogP contribution is -2.23. The zero-order valence-corrected chi connectivity index (χ0v) is 14.9. The quantitative estimate of drug-likeness (QED) is 0.871. The highest BCUT2D eigenvalue weighted by atomic mass is 79.9. The highest BCUT2D eigenvalue weighted by Gasteiger charge is 2.28. The summed E-state index contributed by atoms with van der Waals surface area (Å²) in [6.07, 6.45) is 0.415. The van der Waals surface area contributed by atoms with Crippen molar-refractivity contribution in [1.29, 1.82) is 0 Å². The first kappa shape index (κ1) is 15.9. The Bertz CT molecular complexity index is 773. The van der Waals surface area contributed by atoms with Crippen LogP contribution in [0.1, 0.15) is 29.0 Å². The molecule has 23 heavy (non-hydrogen) atoms. The molecule has 0 bridgehead atoms. The number of methoxy groups -OCH3 is 2. The first-order valence-corrected chi connectivity index (χ1v) is 8.14. The van der Waals surface area contributed by atoms with Crippen LogP contribution in [-0.4, -0.2) is 20.1 Å². The van der Waals surface area contributed by atoms with Gasteiger partial charge in [0.05, 0.1) is 14.2 Å². The van der Waals surface area contributed by atoms with Crippen molar-refractivity contribution in [2.75, 3.05) is 19.5 Å². The van der Waals surface area contributed by atoms with Gasteiger partial charge in [-0.1, -0.05) is 28.1 Å². The molecule has 1 amide bonds. The molecule has 0 saturated heterocycles. The summed E-state index contributed by atoms with van der Waals surface area (Å²) in [6.45, 7) is 2.04. The number of halogens is 1. The molecule has 0 aliphatic carbocycles. The van der Waals surface area contributed by atoms with Gasteiger partial charge >= 0.3 is 0 Å². The summed E-state index contributed by atoms with van der Waals surface area (Å²) in [5.74, 6) is 1.28. The average molecular weight is 376 g/mol. The van der Waals surface area contributed by atoms with E-state index in [0.29, 0.717) is 17.9 Å². The Labute approximate surface area is 143 Å². The predicted molar refractivity (Wildman–Crippen MR) is 93.5 cm³/mol. The van der Waals surface area contributed by atoms with Crippen LogP contribution in [0, 0.1) is 6.92 Å². The maximum absolute atomic E-state index is 12.1. The summed E-state index contributed by atoms with van der Waals surface area (Å²) >= 11 is 3.57. The first-order chi connectivity index (χ1) is 11.0. The number of ether oxygens (including phenoxy) is 2. The number of carbonyl (C=O) groups excluding carboxylic acids is 1. The molecule has 0 spiro atoms. The molecule has 3 rings (SSSR count). The topological polar surface area (TPSA) is 47.6 Å². The number of aryl methyl sites for hydroxylation is 1. The molecule has 0 radical (unpaired) electrons. The highest BCUT2D eigenvalue weighted by Crippen LogP contribution is 2.43. The van der Waals surface area contributed by atoms with Gasteiger partial charge in [0.1, 0.15) is 0 Å². The summed E-state index contributed by atoms with van der Waals surface area (Å²) in [5, 5.41) is 2.93. The molecule has 120 valence electrons. The molecule has 5 heteroatoms. The van der Waals surface area contributed by atoms with Crippen molar-refractivity contribution >= 4 is 27.5 Å². The second-order valence-electron chi connectivity index (χ2n) is 5.61. The van der Waals surface area contributed by atoms with Gasteiger partial charge in [0, 0.05) is 28.6 Å². The molecule has 0 aromatic heterocycles. The lowest BCUT2D eigenvalue weighted by Gasteiger charge is -2.27. The van der Waals surface area contributed by atoms with Gasteiger partial charge < -0.3 is 14.8 Å². The Hall–Kier alpha value is -2.01. The maximum atomic E-state index is 12.1. The SMILES string of the molecule is COc1cc2c(cc1OC)[C@H](c1ccc(C)c(Br)c1)CC(=O)N2. The van der Waals surface area contributed by atoms with Gasteiger partial charge in [-0.15, -0.1) is 0 Å². The van der Waals surface area contributed by atoms with Crippen molar-refractivity contribution in [3.05, 3.63) is 51.5 Å². The molecule has 0 unspecified atom stereocenters. The zero-order valence-electron chi connectivity index (χ0n) is 13.3. The second-order valence-corrected chi connectivity index (χ2v) is 6.46. The molecule has 1 aliphatic rings. The molecule has 2 aromatic rings. The minimum absolute atomic E-state index is 0.00421. The predicted octanol–water partition coefficient (Wildman–Crippen LogP) is 4.25. The summed E-state index contributed by atoms with van der Waals surface area (Å²) in [6, 6.07) is 9.99. The van der Waals surface area contributed by atoms with Crippen LogP contribution < -0.4 is 14.8 Å². The van der Waals surface area contributed by atoms with E-state index in [2.05, 4.69) is 39.4 Å². The van der Waals surface area contributed by atoms with E-state index in [0.717, 1.165) is 21.3 Å². The van der Waals surface area contributed by atoms with Crippen LogP contribution in [0.15, 0.2) is 34.8 Å². The Balaban J connectivity index is 2.13. The summed E-state index contributed by atoms with van der Waals surface area (Å²) in [5.41, 5.74) is 4.09. The Morgan fingerprint density at radius 3 is 2.48 bits per heavy atom. The van der Waals surface area contributed by atoms with E-state index in [-0.39, 0.29) is 11.8 Å². The van der Waals surface area contributed by atoms with E-state index < -0.39 is 0 Å². The van der Waals surface area contributed by atoms with E-state index in [9.17, 15) is 4.79 Å². The fraction of sp³-hybridized carbons (Fsp3) is 0.278. The Morgan fingerprint density at radius 1 is 1.13 bits per heavy atom. The smallest absolute Gasteiger partial charge is 0.225 e. The van der Waals surface area contributed by atoms with Crippen LogP contribution in [0.3, 0.4) is 0 Å². The number of anilines is 1. The number of hydrogen-bond acceptors (Lipinski definition) is 3. The number of fused-ring (bicyclic) bond motifs is 1. The average Bonchev–Trinajstić information content (AvgIpc) is 2.55. The summed E-state index contributed by atoms with van der Waals surface area (Å²) < 4.78 is 11.8. The van der Waals surface area contributed by atoms with Gasteiger partial charge in [-0.3, -0.25) is 4.79 Å². The van der Waals surface area contributed by atoms with Gasteiger partial charge in [-0.2, -0.15) is 0 Å². The fourth-order valence-electron chi connectivity index (χ4n) is 2.91. The van der Waals surface area contributed by atoms with Crippen LogP contribution >= 0.6 is 15.9 Å².